The Bertz CT molecular complexity index is 185. The van der Waals surface area contributed by atoms with E-state index in [4.69, 9.17) is 10.9 Å². The number of rotatable bonds is 2. The van der Waals surface area contributed by atoms with Crippen molar-refractivity contribution in [2.45, 2.75) is 6.92 Å². The Balaban J connectivity index is 4.19. The lowest BCUT2D eigenvalue weighted by Gasteiger charge is -1.94. The Kier molecular flexibility index (Phi) is 3.13. The first-order valence-corrected chi connectivity index (χ1v) is 2.50. The number of hydrazine groups is 1. The first-order valence-electron chi connectivity index (χ1n) is 2.50. The van der Waals surface area contributed by atoms with Gasteiger partial charge in [0.2, 0.25) is 0 Å². The van der Waals surface area contributed by atoms with Gasteiger partial charge < -0.3 is 5.11 Å². The molecule has 0 unspecified atom stereocenters. The maximum atomic E-state index is 10.5. The van der Waals surface area contributed by atoms with E-state index in [1.807, 2.05) is 0 Å². The second-order valence-electron chi connectivity index (χ2n) is 1.64. The SMILES string of the molecule is C/C(=C/C(=O)O)C(=O)NN. The fourth-order valence-electron chi connectivity index (χ4n) is 0.365. The third kappa shape index (κ3) is 2.83. The standard InChI is InChI=1S/C5H8N2O3/c1-3(2-4(8)9)5(10)7-6/h2H,6H2,1H3,(H,7,10)(H,8,9)/b3-2-. The number of hydrogen-bond acceptors (Lipinski definition) is 3. The van der Waals surface area contributed by atoms with Gasteiger partial charge in [-0.25, -0.2) is 10.6 Å². The highest BCUT2D eigenvalue weighted by Gasteiger charge is 2.01. The van der Waals surface area contributed by atoms with Crippen LogP contribution in [0.4, 0.5) is 0 Å². The van der Waals surface area contributed by atoms with Gasteiger partial charge >= 0.3 is 5.97 Å². The fourth-order valence-corrected chi connectivity index (χ4v) is 0.365. The molecular formula is C5H8N2O3. The zero-order valence-electron chi connectivity index (χ0n) is 5.42. The third-order valence-corrected chi connectivity index (χ3v) is 0.829. The van der Waals surface area contributed by atoms with Crippen molar-refractivity contribution in [1.29, 1.82) is 0 Å². The van der Waals surface area contributed by atoms with Crippen LogP contribution in [0.1, 0.15) is 6.92 Å². The van der Waals surface area contributed by atoms with E-state index in [0.29, 0.717) is 0 Å². The summed E-state index contributed by atoms with van der Waals surface area (Å²) in [6.45, 7) is 1.36. The van der Waals surface area contributed by atoms with Gasteiger partial charge in [0.1, 0.15) is 0 Å². The highest BCUT2D eigenvalue weighted by Crippen LogP contribution is 1.89. The van der Waals surface area contributed by atoms with Gasteiger partial charge in [-0.15, -0.1) is 0 Å². The number of hydrogen-bond donors (Lipinski definition) is 3. The van der Waals surface area contributed by atoms with E-state index in [1.54, 1.807) is 5.43 Å². The molecule has 0 saturated heterocycles. The van der Waals surface area contributed by atoms with Crippen molar-refractivity contribution in [1.82, 2.24) is 5.43 Å². The van der Waals surface area contributed by atoms with Crippen LogP contribution in [0, 0.1) is 0 Å². The number of carbonyl (C=O) groups excluding carboxylic acids is 1. The molecule has 0 saturated carbocycles. The zero-order chi connectivity index (χ0) is 8.15. The number of nitrogens with two attached hydrogens (primary N) is 1. The van der Waals surface area contributed by atoms with Gasteiger partial charge in [-0.3, -0.25) is 10.2 Å². The van der Waals surface area contributed by atoms with Gasteiger partial charge in [0.05, 0.1) is 0 Å². The molecule has 0 aromatic rings. The molecule has 0 radical (unpaired) electrons. The highest BCUT2D eigenvalue weighted by atomic mass is 16.4. The van der Waals surface area contributed by atoms with Crippen LogP contribution in [-0.2, 0) is 9.59 Å². The molecule has 0 aromatic heterocycles. The lowest BCUT2D eigenvalue weighted by atomic mass is 10.3. The van der Waals surface area contributed by atoms with Crippen molar-refractivity contribution in [3.8, 4) is 0 Å². The van der Waals surface area contributed by atoms with Crippen molar-refractivity contribution < 1.29 is 14.7 Å². The molecule has 0 aliphatic rings. The van der Waals surface area contributed by atoms with Gasteiger partial charge in [0.15, 0.2) is 0 Å². The van der Waals surface area contributed by atoms with Crippen molar-refractivity contribution in [3.63, 3.8) is 0 Å². The molecule has 0 aliphatic carbocycles. The molecular weight excluding hydrogens is 136 g/mol. The predicted octanol–water partition coefficient (Wildman–Crippen LogP) is -0.993. The molecule has 1 amide bonds. The van der Waals surface area contributed by atoms with E-state index in [1.165, 1.54) is 6.92 Å². The van der Waals surface area contributed by atoms with Crippen LogP contribution < -0.4 is 11.3 Å². The number of amides is 1. The molecule has 0 rings (SSSR count). The zero-order valence-corrected chi connectivity index (χ0v) is 5.42. The van der Waals surface area contributed by atoms with Crippen LogP contribution in [0.2, 0.25) is 0 Å². The Morgan fingerprint density at radius 1 is 1.60 bits per heavy atom. The molecule has 0 heterocycles. The molecule has 0 bridgehead atoms. The highest BCUT2D eigenvalue weighted by molar-refractivity contribution is 5.98. The molecule has 0 spiro atoms. The van der Waals surface area contributed by atoms with E-state index >= 15 is 0 Å². The Morgan fingerprint density at radius 2 is 2.10 bits per heavy atom. The first kappa shape index (κ1) is 8.64. The van der Waals surface area contributed by atoms with Gasteiger partial charge in [0, 0.05) is 11.6 Å². The van der Waals surface area contributed by atoms with Crippen LogP contribution in [-0.4, -0.2) is 17.0 Å². The van der Waals surface area contributed by atoms with Crippen LogP contribution in [0.25, 0.3) is 0 Å². The minimum absolute atomic E-state index is 0.0648. The molecule has 0 fully saturated rings. The lowest BCUT2D eigenvalue weighted by molar-refractivity contribution is -0.131. The second kappa shape index (κ2) is 3.62. The summed E-state index contributed by atoms with van der Waals surface area (Å²) in [7, 11) is 0. The van der Waals surface area contributed by atoms with E-state index in [-0.39, 0.29) is 5.57 Å². The van der Waals surface area contributed by atoms with Gasteiger partial charge in [-0.05, 0) is 6.92 Å². The normalized spacial score (nSPS) is 10.8. The number of nitrogens with one attached hydrogen (secondary N) is 1. The monoisotopic (exact) mass is 144 g/mol. The lowest BCUT2D eigenvalue weighted by Crippen LogP contribution is -2.30. The van der Waals surface area contributed by atoms with Gasteiger partial charge in [-0.1, -0.05) is 0 Å². The number of carbonyl (C=O) groups is 2. The summed E-state index contributed by atoms with van der Waals surface area (Å²) in [6.07, 6.45) is 0.780. The van der Waals surface area contributed by atoms with Gasteiger partial charge in [-0.2, -0.15) is 0 Å². The summed E-state index contributed by atoms with van der Waals surface area (Å²) in [5.74, 6) is 2.95. The van der Waals surface area contributed by atoms with Crippen LogP contribution in [0.5, 0.6) is 0 Å². The molecule has 0 atom stereocenters. The van der Waals surface area contributed by atoms with E-state index in [0.717, 1.165) is 6.08 Å². The summed E-state index contributed by atoms with van der Waals surface area (Å²) in [5.41, 5.74) is 1.86. The van der Waals surface area contributed by atoms with E-state index in [2.05, 4.69) is 0 Å². The van der Waals surface area contributed by atoms with E-state index < -0.39 is 11.9 Å². The smallest absolute Gasteiger partial charge is 0.328 e. The number of aliphatic carboxylic acids is 1. The molecule has 5 nitrogen and oxygen atoms in total. The summed E-state index contributed by atoms with van der Waals surface area (Å²) in [4.78, 5) is 20.4. The summed E-state index contributed by atoms with van der Waals surface area (Å²) >= 11 is 0. The molecule has 56 valence electrons. The van der Waals surface area contributed by atoms with Crippen LogP contribution >= 0.6 is 0 Å². The second-order valence-corrected chi connectivity index (χ2v) is 1.64. The van der Waals surface area contributed by atoms with Crippen LogP contribution in [0.15, 0.2) is 11.6 Å². The molecule has 0 aliphatic heterocycles. The van der Waals surface area contributed by atoms with Crippen molar-refractivity contribution in [3.05, 3.63) is 11.6 Å². The van der Waals surface area contributed by atoms with E-state index in [9.17, 15) is 9.59 Å². The number of carboxylic acid groups (broad SMARTS) is 1. The number of carboxylic acids is 1. The summed E-state index contributed by atoms with van der Waals surface area (Å²) in [5, 5.41) is 8.13. The fraction of sp³-hybridized carbons (Fsp3) is 0.200. The van der Waals surface area contributed by atoms with Gasteiger partial charge in [0.25, 0.3) is 5.91 Å². The molecule has 0 aromatic carbocycles. The maximum Gasteiger partial charge on any atom is 0.328 e. The topological polar surface area (TPSA) is 92.4 Å². The Labute approximate surface area is 57.5 Å². The summed E-state index contributed by atoms with van der Waals surface area (Å²) < 4.78 is 0. The van der Waals surface area contributed by atoms with Crippen molar-refractivity contribution in [2.75, 3.05) is 0 Å². The molecule has 5 heteroatoms. The quantitative estimate of drug-likeness (QED) is 0.201. The maximum absolute atomic E-state index is 10.5. The average molecular weight is 144 g/mol. The third-order valence-electron chi connectivity index (χ3n) is 0.829. The van der Waals surface area contributed by atoms with Crippen molar-refractivity contribution >= 4 is 11.9 Å². The summed E-state index contributed by atoms with van der Waals surface area (Å²) in [6, 6.07) is 0. The minimum Gasteiger partial charge on any atom is -0.478 e. The Morgan fingerprint density at radius 3 is 2.40 bits per heavy atom. The van der Waals surface area contributed by atoms with Crippen molar-refractivity contribution in [2.24, 2.45) is 5.84 Å². The molecule has 4 N–H and O–H groups in total. The average Bonchev–Trinajstić information content (AvgIpc) is 1.85. The minimum atomic E-state index is -1.17. The largest absolute Gasteiger partial charge is 0.478 e. The molecule has 10 heavy (non-hydrogen) atoms. The first-order chi connectivity index (χ1) is 4.57. The van der Waals surface area contributed by atoms with Crippen LogP contribution in [0.3, 0.4) is 0 Å². The Hall–Kier alpha value is -1.36. The predicted molar refractivity (Wildman–Crippen MR) is 33.7 cm³/mol.